The van der Waals surface area contributed by atoms with Gasteiger partial charge in [-0.15, -0.1) is 0 Å². The molecule has 0 saturated carbocycles. The molecule has 0 aromatic heterocycles. The van der Waals surface area contributed by atoms with Crippen LogP contribution in [0.5, 0.6) is 0 Å². The van der Waals surface area contributed by atoms with Crippen molar-refractivity contribution in [2.45, 2.75) is 32.6 Å². The number of esters is 1. The number of carbonyl (C=O) groups excluding carboxylic acids is 1. The molecule has 0 bridgehead atoms. The summed E-state index contributed by atoms with van der Waals surface area (Å²) in [6.45, 7) is 2.05. The first-order chi connectivity index (χ1) is 9.11. The first-order valence-corrected chi connectivity index (χ1v) is 6.15. The first kappa shape index (κ1) is 15.1. The lowest BCUT2D eigenvalue weighted by atomic mass is 9.95. The van der Waals surface area contributed by atoms with Crippen molar-refractivity contribution in [2.24, 2.45) is 5.92 Å². The van der Waals surface area contributed by atoms with Crippen molar-refractivity contribution < 1.29 is 28.9 Å². The van der Waals surface area contributed by atoms with Gasteiger partial charge >= 0.3 is 11.9 Å². The number of ether oxygens (including phenoxy) is 3. The summed E-state index contributed by atoms with van der Waals surface area (Å²) in [5.74, 6) is -0.784. The van der Waals surface area contributed by atoms with Gasteiger partial charge in [0.25, 0.3) is 0 Å². The van der Waals surface area contributed by atoms with Crippen molar-refractivity contribution >= 4 is 11.9 Å². The minimum atomic E-state index is -0.886. The fourth-order valence-electron chi connectivity index (χ4n) is 1.73. The molecule has 1 aliphatic heterocycles. The molecule has 0 aliphatic carbocycles. The molecule has 1 N–H and O–H groups in total. The maximum Gasteiger partial charge on any atom is 0.306 e. The van der Waals surface area contributed by atoms with Gasteiger partial charge in [0.15, 0.2) is 0 Å². The maximum absolute atomic E-state index is 11.5. The number of hydrogen-bond donors (Lipinski definition) is 1. The molecule has 0 radical (unpaired) electrons. The SMILES string of the molecule is CCOC(=O)CC(CCC(=O)O)CC1=COC=CO1. The van der Waals surface area contributed by atoms with E-state index in [-0.39, 0.29) is 24.7 Å². The summed E-state index contributed by atoms with van der Waals surface area (Å²) in [6.07, 6.45) is 5.24. The van der Waals surface area contributed by atoms with E-state index < -0.39 is 5.97 Å². The molecule has 0 saturated heterocycles. The number of aliphatic carboxylic acids is 1. The minimum Gasteiger partial charge on any atom is -0.481 e. The van der Waals surface area contributed by atoms with E-state index in [2.05, 4.69) is 0 Å². The number of allylic oxidation sites excluding steroid dienone is 1. The molecule has 6 nitrogen and oxygen atoms in total. The number of carboxylic acid groups (broad SMARTS) is 1. The highest BCUT2D eigenvalue weighted by Crippen LogP contribution is 2.23. The average molecular weight is 270 g/mol. The van der Waals surface area contributed by atoms with E-state index in [0.29, 0.717) is 25.2 Å². The van der Waals surface area contributed by atoms with Crippen LogP contribution < -0.4 is 0 Å². The number of rotatable bonds is 8. The van der Waals surface area contributed by atoms with Gasteiger partial charge in [-0.3, -0.25) is 9.59 Å². The summed E-state index contributed by atoms with van der Waals surface area (Å²) in [7, 11) is 0. The van der Waals surface area contributed by atoms with Gasteiger partial charge in [0.2, 0.25) is 0 Å². The van der Waals surface area contributed by atoms with Crippen LogP contribution in [0.1, 0.15) is 32.6 Å². The zero-order chi connectivity index (χ0) is 14.1. The lowest BCUT2D eigenvalue weighted by Gasteiger charge is -2.17. The summed E-state index contributed by atoms with van der Waals surface area (Å²) in [5, 5.41) is 8.71. The second kappa shape index (κ2) is 8.18. The Bertz CT molecular complexity index is 371. The summed E-state index contributed by atoms with van der Waals surface area (Å²) in [6, 6.07) is 0. The third-order valence-electron chi connectivity index (χ3n) is 2.57. The largest absolute Gasteiger partial charge is 0.481 e. The summed E-state index contributed by atoms with van der Waals surface area (Å²) < 4.78 is 15.1. The van der Waals surface area contributed by atoms with Gasteiger partial charge in [-0.25, -0.2) is 0 Å². The second-order valence-electron chi connectivity index (χ2n) is 4.12. The van der Waals surface area contributed by atoms with E-state index in [4.69, 9.17) is 19.3 Å². The molecule has 6 heteroatoms. The first-order valence-electron chi connectivity index (χ1n) is 6.15. The maximum atomic E-state index is 11.5. The topological polar surface area (TPSA) is 82.1 Å². The van der Waals surface area contributed by atoms with E-state index in [9.17, 15) is 9.59 Å². The van der Waals surface area contributed by atoms with Crippen LogP contribution in [-0.2, 0) is 23.8 Å². The normalized spacial score (nSPS) is 14.9. The fourth-order valence-corrected chi connectivity index (χ4v) is 1.73. The average Bonchev–Trinajstić information content (AvgIpc) is 2.37. The summed E-state index contributed by atoms with van der Waals surface area (Å²) in [5.41, 5.74) is 0. The Hall–Kier alpha value is -1.98. The van der Waals surface area contributed by atoms with Crippen LogP contribution in [0.3, 0.4) is 0 Å². The molecule has 0 amide bonds. The molecule has 0 aromatic carbocycles. The highest BCUT2D eigenvalue weighted by Gasteiger charge is 2.19. The molecular formula is C13H18O6. The molecule has 1 atom stereocenters. The van der Waals surface area contributed by atoms with Gasteiger partial charge in [-0.05, 0) is 19.3 Å². The van der Waals surface area contributed by atoms with Crippen LogP contribution in [0.2, 0.25) is 0 Å². The Morgan fingerprint density at radius 3 is 2.79 bits per heavy atom. The van der Waals surface area contributed by atoms with Gasteiger partial charge in [-0.1, -0.05) is 0 Å². The summed E-state index contributed by atoms with van der Waals surface area (Å²) in [4.78, 5) is 22.1. The molecule has 19 heavy (non-hydrogen) atoms. The zero-order valence-corrected chi connectivity index (χ0v) is 10.8. The highest BCUT2D eigenvalue weighted by atomic mass is 16.5. The lowest BCUT2D eigenvalue weighted by molar-refractivity contribution is -0.145. The van der Waals surface area contributed by atoms with Crippen molar-refractivity contribution in [2.75, 3.05) is 6.61 Å². The van der Waals surface area contributed by atoms with Crippen molar-refractivity contribution in [1.29, 1.82) is 0 Å². The molecule has 1 aliphatic rings. The Balaban J connectivity index is 2.49. The van der Waals surface area contributed by atoms with Crippen LogP contribution >= 0.6 is 0 Å². The Morgan fingerprint density at radius 2 is 2.21 bits per heavy atom. The van der Waals surface area contributed by atoms with E-state index in [1.807, 2.05) is 0 Å². The molecule has 0 aromatic rings. The predicted molar refractivity (Wildman–Crippen MR) is 65.6 cm³/mol. The minimum absolute atomic E-state index is 0.00798. The molecular weight excluding hydrogens is 252 g/mol. The monoisotopic (exact) mass is 270 g/mol. The van der Waals surface area contributed by atoms with E-state index in [1.54, 1.807) is 6.92 Å². The zero-order valence-electron chi connectivity index (χ0n) is 10.8. The van der Waals surface area contributed by atoms with Gasteiger partial charge in [0.05, 0.1) is 6.61 Å². The Kier molecular flexibility index (Phi) is 6.49. The van der Waals surface area contributed by atoms with Crippen molar-refractivity contribution in [1.82, 2.24) is 0 Å². The van der Waals surface area contributed by atoms with Gasteiger partial charge in [0.1, 0.15) is 24.5 Å². The Morgan fingerprint density at radius 1 is 1.42 bits per heavy atom. The molecule has 0 fully saturated rings. The van der Waals surface area contributed by atoms with Crippen LogP contribution in [0.15, 0.2) is 24.5 Å². The third-order valence-corrected chi connectivity index (χ3v) is 2.57. The quantitative estimate of drug-likeness (QED) is 0.681. The lowest BCUT2D eigenvalue weighted by Crippen LogP contribution is -2.14. The standard InChI is InChI=1S/C13H18O6/c1-2-18-13(16)8-10(3-4-12(14)15)7-11-9-17-5-6-19-11/h5-6,9-10H,2-4,7-8H2,1H3,(H,14,15). The molecule has 1 heterocycles. The molecule has 1 unspecified atom stereocenters. The molecule has 106 valence electrons. The van der Waals surface area contributed by atoms with Crippen molar-refractivity contribution in [3.05, 3.63) is 24.5 Å². The predicted octanol–water partition coefficient (Wildman–Crippen LogP) is 2.17. The van der Waals surface area contributed by atoms with E-state index in [0.717, 1.165) is 0 Å². The molecule has 1 rings (SSSR count). The third kappa shape index (κ3) is 6.49. The molecule has 0 spiro atoms. The number of hydrogen-bond acceptors (Lipinski definition) is 5. The summed E-state index contributed by atoms with van der Waals surface area (Å²) >= 11 is 0. The van der Waals surface area contributed by atoms with Gasteiger partial charge < -0.3 is 19.3 Å². The Labute approximate surface area is 111 Å². The van der Waals surface area contributed by atoms with Crippen LogP contribution in [-0.4, -0.2) is 23.7 Å². The second-order valence-corrected chi connectivity index (χ2v) is 4.12. The van der Waals surface area contributed by atoms with Crippen molar-refractivity contribution in [3.63, 3.8) is 0 Å². The van der Waals surface area contributed by atoms with Crippen LogP contribution in [0.25, 0.3) is 0 Å². The van der Waals surface area contributed by atoms with Crippen LogP contribution in [0, 0.1) is 5.92 Å². The van der Waals surface area contributed by atoms with E-state index in [1.165, 1.54) is 18.8 Å². The number of carbonyl (C=O) groups is 2. The van der Waals surface area contributed by atoms with Crippen molar-refractivity contribution in [3.8, 4) is 0 Å². The van der Waals surface area contributed by atoms with E-state index >= 15 is 0 Å². The number of carboxylic acids is 1. The smallest absolute Gasteiger partial charge is 0.306 e. The van der Waals surface area contributed by atoms with Gasteiger partial charge in [0, 0.05) is 19.3 Å². The van der Waals surface area contributed by atoms with Gasteiger partial charge in [-0.2, -0.15) is 0 Å². The fraction of sp³-hybridized carbons (Fsp3) is 0.538. The highest BCUT2D eigenvalue weighted by molar-refractivity contribution is 5.70. The van der Waals surface area contributed by atoms with Crippen LogP contribution in [0.4, 0.5) is 0 Å².